The molecule has 4 heteroatoms. The largest absolute Gasteiger partial charge is 0.481 e. The molecule has 110 valence electrons. The molecule has 1 aliphatic rings. The van der Waals surface area contributed by atoms with Gasteiger partial charge in [0.15, 0.2) is 0 Å². The molecule has 1 unspecified atom stereocenters. The number of hydrogen-bond acceptors (Lipinski definition) is 2. The molecule has 1 rings (SSSR count). The van der Waals surface area contributed by atoms with Crippen molar-refractivity contribution >= 4 is 11.9 Å². The maximum atomic E-state index is 11.8. The molecule has 0 aromatic heterocycles. The van der Waals surface area contributed by atoms with E-state index in [1.807, 2.05) is 6.92 Å². The van der Waals surface area contributed by atoms with Crippen LogP contribution in [0, 0.1) is 5.92 Å². The van der Waals surface area contributed by atoms with E-state index in [9.17, 15) is 9.59 Å². The first-order chi connectivity index (χ1) is 9.08. The SMILES string of the molecule is CC(CCCC(=O)O)NC(=O)CCC1CCCCC1. The van der Waals surface area contributed by atoms with Crippen LogP contribution in [-0.2, 0) is 9.59 Å². The summed E-state index contributed by atoms with van der Waals surface area (Å²) in [6.07, 6.45) is 9.72. The molecule has 2 N–H and O–H groups in total. The van der Waals surface area contributed by atoms with E-state index < -0.39 is 5.97 Å². The summed E-state index contributed by atoms with van der Waals surface area (Å²) >= 11 is 0. The van der Waals surface area contributed by atoms with Gasteiger partial charge in [0, 0.05) is 18.9 Å². The minimum absolute atomic E-state index is 0.0817. The highest BCUT2D eigenvalue weighted by molar-refractivity contribution is 5.76. The van der Waals surface area contributed by atoms with Gasteiger partial charge in [-0.15, -0.1) is 0 Å². The Balaban J connectivity index is 2.07. The van der Waals surface area contributed by atoms with Crippen LogP contribution in [0.3, 0.4) is 0 Å². The Hall–Kier alpha value is -1.06. The number of carboxylic acid groups (broad SMARTS) is 1. The van der Waals surface area contributed by atoms with Gasteiger partial charge in [0.2, 0.25) is 5.91 Å². The van der Waals surface area contributed by atoms with E-state index in [2.05, 4.69) is 5.32 Å². The average Bonchev–Trinajstić information content (AvgIpc) is 2.37. The molecular weight excluding hydrogens is 242 g/mol. The van der Waals surface area contributed by atoms with Crippen molar-refractivity contribution in [3.05, 3.63) is 0 Å². The molecule has 1 aliphatic carbocycles. The molecule has 4 nitrogen and oxygen atoms in total. The summed E-state index contributed by atoms with van der Waals surface area (Å²) in [7, 11) is 0. The molecule has 19 heavy (non-hydrogen) atoms. The lowest BCUT2D eigenvalue weighted by atomic mass is 9.86. The maximum absolute atomic E-state index is 11.8. The first kappa shape index (κ1) is 16.0. The summed E-state index contributed by atoms with van der Waals surface area (Å²) in [5, 5.41) is 11.5. The van der Waals surface area contributed by atoms with Crippen LogP contribution in [0.5, 0.6) is 0 Å². The van der Waals surface area contributed by atoms with Crippen molar-refractivity contribution in [3.63, 3.8) is 0 Å². The number of carbonyl (C=O) groups is 2. The van der Waals surface area contributed by atoms with Crippen LogP contribution in [0.1, 0.15) is 71.1 Å². The second-order valence-corrected chi connectivity index (χ2v) is 5.80. The third kappa shape index (κ3) is 7.85. The van der Waals surface area contributed by atoms with Gasteiger partial charge in [-0.2, -0.15) is 0 Å². The molecule has 0 aromatic carbocycles. The summed E-state index contributed by atoms with van der Waals surface area (Å²) in [5.74, 6) is 0.0889. The van der Waals surface area contributed by atoms with E-state index in [-0.39, 0.29) is 18.4 Å². The van der Waals surface area contributed by atoms with Gasteiger partial charge in [-0.1, -0.05) is 32.1 Å². The number of rotatable bonds is 8. The third-order valence-electron chi connectivity index (χ3n) is 3.94. The summed E-state index contributed by atoms with van der Waals surface area (Å²) in [6.45, 7) is 1.94. The zero-order valence-corrected chi connectivity index (χ0v) is 12.0. The minimum atomic E-state index is -0.768. The number of amides is 1. The quantitative estimate of drug-likeness (QED) is 0.711. The van der Waals surface area contributed by atoms with Gasteiger partial charge in [0.05, 0.1) is 0 Å². The Bertz CT molecular complexity index is 285. The Labute approximate surface area is 116 Å². The van der Waals surface area contributed by atoms with Crippen LogP contribution < -0.4 is 5.32 Å². The number of carboxylic acids is 1. The highest BCUT2D eigenvalue weighted by Gasteiger charge is 2.15. The lowest BCUT2D eigenvalue weighted by Gasteiger charge is -2.21. The normalized spacial score (nSPS) is 17.9. The topological polar surface area (TPSA) is 66.4 Å². The van der Waals surface area contributed by atoms with Gasteiger partial charge in [-0.05, 0) is 32.1 Å². The average molecular weight is 269 g/mol. The van der Waals surface area contributed by atoms with Gasteiger partial charge in [0.1, 0.15) is 0 Å². The number of carbonyl (C=O) groups excluding carboxylic acids is 1. The molecule has 0 aromatic rings. The smallest absolute Gasteiger partial charge is 0.303 e. The van der Waals surface area contributed by atoms with Crippen molar-refractivity contribution in [2.45, 2.75) is 77.2 Å². The van der Waals surface area contributed by atoms with Gasteiger partial charge in [0.25, 0.3) is 0 Å². The Morgan fingerprint density at radius 2 is 1.89 bits per heavy atom. The van der Waals surface area contributed by atoms with E-state index in [1.165, 1.54) is 32.1 Å². The fraction of sp³-hybridized carbons (Fsp3) is 0.867. The third-order valence-corrected chi connectivity index (χ3v) is 3.94. The van der Waals surface area contributed by atoms with Crippen molar-refractivity contribution < 1.29 is 14.7 Å². The molecule has 0 radical (unpaired) electrons. The van der Waals surface area contributed by atoms with Gasteiger partial charge >= 0.3 is 5.97 Å². The Morgan fingerprint density at radius 1 is 1.21 bits per heavy atom. The number of nitrogens with one attached hydrogen (secondary N) is 1. The van der Waals surface area contributed by atoms with Crippen LogP contribution in [0.15, 0.2) is 0 Å². The summed E-state index contributed by atoms with van der Waals surface area (Å²) in [6, 6.07) is 0.0817. The standard InChI is InChI=1S/C15H27NO3/c1-12(6-5-9-15(18)19)16-14(17)11-10-13-7-3-2-4-8-13/h12-13H,2-11H2,1H3,(H,16,17)(H,18,19). The fourth-order valence-electron chi connectivity index (χ4n) is 2.79. The van der Waals surface area contributed by atoms with E-state index in [0.717, 1.165) is 18.8 Å². The van der Waals surface area contributed by atoms with E-state index in [0.29, 0.717) is 12.8 Å². The highest BCUT2D eigenvalue weighted by atomic mass is 16.4. The van der Waals surface area contributed by atoms with Crippen LogP contribution in [0.2, 0.25) is 0 Å². The van der Waals surface area contributed by atoms with E-state index in [1.54, 1.807) is 0 Å². The van der Waals surface area contributed by atoms with Gasteiger partial charge in [-0.25, -0.2) is 0 Å². The van der Waals surface area contributed by atoms with Crippen molar-refractivity contribution in [2.75, 3.05) is 0 Å². The van der Waals surface area contributed by atoms with E-state index >= 15 is 0 Å². The van der Waals surface area contributed by atoms with E-state index in [4.69, 9.17) is 5.11 Å². The summed E-state index contributed by atoms with van der Waals surface area (Å²) in [5.41, 5.74) is 0. The number of hydrogen-bond donors (Lipinski definition) is 2. The molecular formula is C15H27NO3. The Kier molecular flexibility index (Phi) is 7.53. The maximum Gasteiger partial charge on any atom is 0.303 e. The molecule has 0 aliphatic heterocycles. The van der Waals surface area contributed by atoms with Crippen LogP contribution >= 0.6 is 0 Å². The zero-order valence-electron chi connectivity index (χ0n) is 12.0. The molecule has 0 heterocycles. The van der Waals surface area contributed by atoms with Crippen molar-refractivity contribution in [3.8, 4) is 0 Å². The second kappa shape index (κ2) is 8.94. The molecule has 1 atom stereocenters. The van der Waals surface area contributed by atoms with Crippen LogP contribution in [-0.4, -0.2) is 23.0 Å². The lowest BCUT2D eigenvalue weighted by Crippen LogP contribution is -2.32. The van der Waals surface area contributed by atoms with Gasteiger partial charge < -0.3 is 10.4 Å². The fourth-order valence-corrected chi connectivity index (χ4v) is 2.79. The summed E-state index contributed by atoms with van der Waals surface area (Å²) < 4.78 is 0. The van der Waals surface area contributed by atoms with Crippen molar-refractivity contribution in [2.24, 2.45) is 5.92 Å². The highest BCUT2D eigenvalue weighted by Crippen LogP contribution is 2.27. The predicted molar refractivity (Wildman–Crippen MR) is 74.9 cm³/mol. The monoisotopic (exact) mass is 269 g/mol. The van der Waals surface area contributed by atoms with Crippen LogP contribution in [0.4, 0.5) is 0 Å². The first-order valence-corrected chi connectivity index (χ1v) is 7.59. The molecule has 1 fully saturated rings. The second-order valence-electron chi connectivity index (χ2n) is 5.80. The zero-order chi connectivity index (χ0) is 14.1. The minimum Gasteiger partial charge on any atom is -0.481 e. The lowest BCUT2D eigenvalue weighted by molar-refractivity contribution is -0.137. The predicted octanol–water partition coefficient (Wildman–Crippen LogP) is 3.11. The molecule has 1 amide bonds. The van der Waals surface area contributed by atoms with Crippen LogP contribution in [0.25, 0.3) is 0 Å². The molecule has 0 bridgehead atoms. The molecule has 1 saturated carbocycles. The Morgan fingerprint density at radius 3 is 2.53 bits per heavy atom. The summed E-state index contributed by atoms with van der Waals surface area (Å²) in [4.78, 5) is 22.2. The first-order valence-electron chi connectivity index (χ1n) is 7.59. The van der Waals surface area contributed by atoms with Gasteiger partial charge in [-0.3, -0.25) is 9.59 Å². The van der Waals surface area contributed by atoms with Crippen molar-refractivity contribution in [1.29, 1.82) is 0 Å². The van der Waals surface area contributed by atoms with Crippen molar-refractivity contribution in [1.82, 2.24) is 5.32 Å². The molecule has 0 spiro atoms. The molecule has 0 saturated heterocycles. The number of aliphatic carboxylic acids is 1.